The molecule has 2 heterocycles. The lowest BCUT2D eigenvalue weighted by Gasteiger charge is -2.36. The highest BCUT2D eigenvalue weighted by Gasteiger charge is 2.34. The van der Waals surface area contributed by atoms with Crippen LogP contribution in [0, 0.1) is 5.92 Å². The molecule has 0 saturated carbocycles. The Morgan fingerprint density at radius 1 is 0.870 bits per heavy atom. The highest BCUT2D eigenvalue weighted by molar-refractivity contribution is 7.09. The zero-order chi connectivity index (χ0) is 39.3. The normalized spacial score (nSPS) is 13.9. The summed E-state index contributed by atoms with van der Waals surface area (Å²) in [4.78, 5) is 52.1. The molecule has 0 aliphatic carbocycles. The third kappa shape index (κ3) is 14.1. The second-order valence-electron chi connectivity index (χ2n) is 15.2. The predicted octanol–water partition coefficient (Wildman–Crippen LogP) is 7.73. The number of nitrogens with zero attached hydrogens (tertiary/aromatic N) is 3. The van der Waals surface area contributed by atoms with Crippen molar-refractivity contribution in [2.75, 3.05) is 7.05 Å². The molecule has 0 aliphatic rings. The van der Waals surface area contributed by atoms with Gasteiger partial charge in [-0.3, -0.25) is 9.78 Å². The number of hydrogen-bond acceptors (Lipinski definition) is 9. The number of aromatic nitrogens is 2. The molecular weight excluding hydrogens is 721 g/mol. The molecule has 0 fully saturated rings. The van der Waals surface area contributed by atoms with Crippen molar-refractivity contribution in [3.63, 3.8) is 0 Å². The van der Waals surface area contributed by atoms with Gasteiger partial charge in [0.15, 0.2) is 0 Å². The number of rotatable bonds is 18. The maximum atomic E-state index is 14.2. The van der Waals surface area contributed by atoms with Gasteiger partial charge in [0.1, 0.15) is 12.6 Å². The number of benzene rings is 2. The van der Waals surface area contributed by atoms with Crippen LogP contribution < -0.4 is 16.0 Å². The standard InChI is InChI=1S/C41H56N6O5S2/c1-27(2)36(46-39(49)47(8)23-32-25-53-38(44-32)28(3)4)37(48)43-31(19-29-15-11-9-12-16-29)21-35(52-41(5,6)7)34(20-30-17-13-10-14-18-30)45-40(50)51-24-33-22-42-26-54-33/h9-18,22,25-28,31,34-36H,19-21,23-24H2,1-8H3,(H,43,48)(H,45,50)(H,46,49)/t31-,34-,35-,36-/m0/s1. The number of thiazole rings is 2. The lowest BCUT2D eigenvalue weighted by Crippen LogP contribution is -2.56. The first-order chi connectivity index (χ1) is 25.7. The lowest BCUT2D eigenvalue weighted by molar-refractivity contribution is -0.125. The number of amides is 4. The molecule has 4 atom stereocenters. The van der Waals surface area contributed by atoms with Crippen LogP contribution in [0.25, 0.3) is 0 Å². The minimum absolute atomic E-state index is 0.103. The summed E-state index contributed by atoms with van der Waals surface area (Å²) in [5.74, 6) is -0.190. The van der Waals surface area contributed by atoms with Crippen LogP contribution in [-0.2, 0) is 40.3 Å². The molecule has 4 aromatic rings. The van der Waals surface area contributed by atoms with Crippen molar-refractivity contribution in [1.82, 2.24) is 30.8 Å². The van der Waals surface area contributed by atoms with E-state index >= 15 is 0 Å². The summed E-state index contributed by atoms with van der Waals surface area (Å²) in [6, 6.07) is 17.8. The smallest absolute Gasteiger partial charge is 0.407 e. The highest BCUT2D eigenvalue weighted by atomic mass is 32.1. The number of nitrogens with one attached hydrogen (secondary N) is 3. The van der Waals surface area contributed by atoms with Gasteiger partial charge in [-0.2, -0.15) is 0 Å². The Kier molecular flexibility index (Phi) is 16.0. The number of alkyl carbamates (subject to hydrolysis) is 1. The molecule has 4 rings (SSSR count). The van der Waals surface area contributed by atoms with Crippen molar-refractivity contribution < 1.29 is 23.9 Å². The van der Waals surface area contributed by atoms with Gasteiger partial charge in [0.05, 0.1) is 45.4 Å². The molecule has 54 heavy (non-hydrogen) atoms. The van der Waals surface area contributed by atoms with Crippen LogP contribution in [0.15, 0.2) is 77.8 Å². The van der Waals surface area contributed by atoms with Crippen LogP contribution >= 0.6 is 22.7 Å². The van der Waals surface area contributed by atoms with Crippen molar-refractivity contribution in [3.05, 3.63) is 104 Å². The summed E-state index contributed by atoms with van der Waals surface area (Å²) >= 11 is 3.00. The molecule has 0 radical (unpaired) electrons. The van der Waals surface area contributed by atoms with E-state index in [1.54, 1.807) is 35.0 Å². The van der Waals surface area contributed by atoms with Crippen LogP contribution in [0.5, 0.6) is 0 Å². The van der Waals surface area contributed by atoms with E-state index in [0.29, 0.717) is 31.7 Å². The molecule has 0 aliphatic heterocycles. The largest absolute Gasteiger partial charge is 0.444 e. The fourth-order valence-corrected chi connectivity index (χ4v) is 7.28. The molecule has 0 unspecified atom stereocenters. The molecule has 0 spiro atoms. The summed E-state index contributed by atoms with van der Waals surface area (Å²) < 4.78 is 12.3. The fourth-order valence-electron chi connectivity index (χ4n) is 5.95. The summed E-state index contributed by atoms with van der Waals surface area (Å²) in [7, 11) is 1.70. The molecule has 2 aromatic heterocycles. The Labute approximate surface area is 328 Å². The van der Waals surface area contributed by atoms with Crippen LogP contribution in [0.4, 0.5) is 9.59 Å². The average Bonchev–Trinajstić information content (AvgIpc) is 3.82. The third-order valence-corrected chi connectivity index (χ3v) is 10.6. The summed E-state index contributed by atoms with van der Waals surface area (Å²) in [5.41, 5.74) is 3.97. The maximum absolute atomic E-state index is 14.2. The first kappa shape index (κ1) is 42.4. The molecule has 0 bridgehead atoms. The van der Waals surface area contributed by atoms with E-state index in [-0.39, 0.29) is 24.5 Å². The first-order valence-corrected chi connectivity index (χ1v) is 20.2. The quantitative estimate of drug-likeness (QED) is 0.0942. The van der Waals surface area contributed by atoms with Gasteiger partial charge in [-0.15, -0.1) is 22.7 Å². The van der Waals surface area contributed by atoms with Crippen molar-refractivity contribution in [1.29, 1.82) is 0 Å². The Morgan fingerprint density at radius 2 is 1.52 bits per heavy atom. The summed E-state index contributed by atoms with van der Waals surface area (Å²) in [5, 5.41) is 12.3. The summed E-state index contributed by atoms with van der Waals surface area (Å²) in [6.45, 7) is 14.4. The highest BCUT2D eigenvalue weighted by Crippen LogP contribution is 2.23. The van der Waals surface area contributed by atoms with Crippen LogP contribution in [-0.4, -0.2) is 69.8 Å². The average molecular weight is 777 g/mol. The van der Waals surface area contributed by atoms with E-state index in [2.05, 4.69) is 39.8 Å². The van der Waals surface area contributed by atoms with E-state index in [4.69, 9.17) is 9.47 Å². The van der Waals surface area contributed by atoms with E-state index in [1.165, 1.54) is 11.3 Å². The van der Waals surface area contributed by atoms with E-state index in [1.807, 2.05) is 101 Å². The SMILES string of the molecule is CC(C)c1nc(CN(C)C(=O)N[C@H](C(=O)N[C@@H](Cc2ccccc2)C[C@H](OC(C)(C)C)[C@H](Cc2ccccc2)NC(=O)OCc2cncs2)C(C)C)cs1. The molecule has 292 valence electrons. The van der Waals surface area contributed by atoms with Crippen LogP contribution in [0.3, 0.4) is 0 Å². The number of hydrogen-bond donors (Lipinski definition) is 3. The number of carbonyl (C=O) groups excluding carboxylic acids is 3. The van der Waals surface area contributed by atoms with Crippen LogP contribution in [0.1, 0.15) is 87.5 Å². The maximum Gasteiger partial charge on any atom is 0.407 e. The molecule has 3 N–H and O–H groups in total. The topological polar surface area (TPSA) is 135 Å². The van der Waals surface area contributed by atoms with Gasteiger partial charge in [0, 0.05) is 30.6 Å². The minimum Gasteiger partial charge on any atom is -0.444 e. The van der Waals surface area contributed by atoms with Gasteiger partial charge >= 0.3 is 12.1 Å². The Bertz CT molecular complexity index is 1730. The van der Waals surface area contributed by atoms with Crippen molar-refractivity contribution in [3.8, 4) is 0 Å². The molecule has 13 heteroatoms. The molecule has 4 amide bonds. The first-order valence-electron chi connectivity index (χ1n) is 18.5. The number of urea groups is 1. The van der Waals surface area contributed by atoms with E-state index in [9.17, 15) is 14.4 Å². The minimum atomic E-state index is -0.804. The lowest BCUT2D eigenvalue weighted by atomic mass is 9.92. The van der Waals surface area contributed by atoms with Crippen LogP contribution in [0.2, 0.25) is 0 Å². The fraction of sp³-hybridized carbons (Fsp3) is 0.488. The third-order valence-electron chi connectivity index (χ3n) is 8.61. The summed E-state index contributed by atoms with van der Waals surface area (Å²) in [6.07, 6.45) is 1.91. The Hall–Kier alpha value is -4.33. The molecule has 11 nitrogen and oxygen atoms in total. The predicted molar refractivity (Wildman–Crippen MR) is 216 cm³/mol. The van der Waals surface area contributed by atoms with Gasteiger partial charge in [-0.1, -0.05) is 88.4 Å². The van der Waals surface area contributed by atoms with Crippen molar-refractivity contribution >= 4 is 40.7 Å². The van der Waals surface area contributed by atoms with E-state index < -0.39 is 35.9 Å². The number of ether oxygens (including phenoxy) is 2. The molecule has 0 saturated heterocycles. The van der Waals surface area contributed by atoms with Gasteiger partial charge in [-0.25, -0.2) is 14.6 Å². The van der Waals surface area contributed by atoms with Gasteiger partial charge in [0.25, 0.3) is 0 Å². The molecular formula is C41H56N6O5S2. The second kappa shape index (κ2) is 20.4. The number of carbonyl (C=O) groups is 3. The Balaban J connectivity index is 1.57. The van der Waals surface area contributed by atoms with Crippen molar-refractivity contribution in [2.45, 2.75) is 117 Å². The Morgan fingerprint density at radius 3 is 2.07 bits per heavy atom. The second-order valence-corrected chi connectivity index (χ2v) is 17.1. The van der Waals surface area contributed by atoms with Gasteiger partial charge in [0.2, 0.25) is 5.91 Å². The molecule has 2 aromatic carbocycles. The zero-order valence-corrected chi connectivity index (χ0v) is 34.3. The van der Waals surface area contributed by atoms with Gasteiger partial charge < -0.3 is 30.3 Å². The monoisotopic (exact) mass is 776 g/mol. The zero-order valence-electron chi connectivity index (χ0n) is 32.7. The van der Waals surface area contributed by atoms with E-state index in [0.717, 1.165) is 26.7 Å². The van der Waals surface area contributed by atoms with Gasteiger partial charge in [-0.05, 0) is 57.1 Å². The van der Waals surface area contributed by atoms with Crippen molar-refractivity contribution in [2.24, 2.45) is 5.92 Å².